The lowest BCUT2D eigenvalue weighted by Gasteiger charge is -2.18. The number of carbonyl (C=O) groups excluding carboxylic acids is 2. The van der Waals surface area contributed by atoms with E-state index in [4.69, 9.17) is 4.74 Å². The number of rotatable bonds is 3. The van der Waals surface area contributed by atoms with E-state index < -0.39 is 30.1 Å². The second-order valence-electron chi connectivity index (χ2n) is 6.29. The van der Waals surface area contributed by atoms with E-state index in [-0.39, 0.29) is 11.5 Å². The molecule has 1 amide bonds. The van der Waals surface area contributed by atoms with Crippen molar-refractivity contribution in [1.82, 2.24) is 5.32 Å². The van der Waals surface area contributed by atoms with Gasteiger partial charge in [0.1, 0.15) is 11.7 Å². The molecule has 1 saturated heterocycles. The monoisotopic (exact) mass is 329 g/mol. The third kappa shape index (κ3) is 3.48. The molecule has 0 aromatic heterocycles. The van der Waals surface area contributed by atoms with Crippen LogP contribution in [0.25, 0.3) is 0 Å². The first-order valence-corrected chi connectivity index (χ1v) is 7.09. The van der Waals surface area contributed by atoms with E-state index in [1.165, 1.54) is 12.1 Å². The van der Waals surface area contributed by atoms with Gasteiger partial charge in [-0.15, -0.1) is 0 Å². The summed E-state index contributed by atoms with van der Waals surface area (Å²) in [5.74, 6) is -1.53. The third-order valence-electron chi connectivity index (χ3n) is 3.83. The molecule has 7 heteroatoms. The van der Waals surface area contributed by atoms with Gasteiger partial charge in [0.25, 0.3) is 0 Å². The van der Waals surface area contributed by atoms with Crippen LogP contribution in [0.4, 0.5) is 13.2 Å². The van der Waals surface area contributed by atoms with Gasteiger partial charge >= 0.3 is 6.18 Å². The number of ether oxygens (including phenoxy) is 1. The highest BCUT2D eigenvalue weighted by atomic mass is 19.4. The van der Waals surface area contributed by atoms with Crippen molar-refractivity contribution in [3.05, 3.63) is 28.8 Å². The Hall–Kier alpha value is -2.05. The van der Waals surface area contributed by atoms with Crippen molar-refractivity contribution in [3.8, 4) is 5.75 Å². The van der Waals surface area contributed by atoms with Crippen LogP contribution in [0.2, 0.25) is 0 Å². The molecule has 0 bridgehead atoms. The molecular formula is C16H18F3NO3. The van der Waals surface area contributed by atoms with Gasteiger partial charge in [0.2, 0.25) is 5.91 Å². The zero-order chi connectivity index (χ0) is 17.6. The van der Waals surface area contributed by atoms with Crippen LogP contribution < -0.4 is 10.1 Å². The van der Waals surface area contributed by atoms with Crippen LogP contribution in [0.15, 0.2) is 12.1 Å². The Bertz CT molecular complexity index is 642. The Morgan fingerprint density at radius 1 is 1.17 bits per heavy atom. The standard InChI is InChI=1S/C16H18F3NO3/c1-8-5-10(23-7-16(17,18)19)6-9(2)11(8)12-13(21)15(3,4)20-14(12)22/h5-6,12H,7H2,1-4H3,(H,20,22). The molecule has 1 unspecified atom stereocenters. The number of hydrogen-bond donors (Lipinski definition) is 1. The van der Waals surface area contributed by atoms with Gasteiger partial charge in [0.05, 0.1) is 5.54 Å². The molecule has 1 aliphatic heterocycles. The molecular weight excluding hydrogens is 311 g/mol. The summed E-state index contributed by atoms with van der Waals surface area (Å²) >= 11 is 0. The van der Waals surface area contributed by atoms with Crippen molar-refractivity contribution in [2.75, 3.05) is 6.61 Å². The molecule has 4 nitrogen and oxygen atoms in total. The average Bonchev–Trinajstić information content (AvgIpc) is 2.57. The van der Waals surface area contributed by atoms with Gasteiger partial charge in [-0.2, -0.15) is 13.2 Å². The lowest BCUT2D eigenvalue weighted by atomic mass is 9.84. The molecule has 2 rings (SSSR count). The van der Waals surface area contributed by atoms with Crippen LogP contribution in [-0.4, -0.2) is 30.0 Å². The maximum absolute atomic E-state index is 12.4. The zero-order valence-corrected chi connectivity index (χ0v) is 13.3. The molecule has 1 aliphatic rings. The highest BCUT2D eigenvalue weighted by molar-refractivity contribution is 6.17. The van der Waals surface area contributed by atoms with E-state index in [0.717, 1.165) is 0 Å². The normalized spacial score (nSPS) is 20.6. The number of aryl methyl sites for hydroxylation is 2. The van der Waals surface area contributed by atoms with Crippen LogP contribution in [0.3, 0.4) is 0 Å². The van der Waals surface area contributed by atoms with Gasteiger partial charge in [-0.25, -0.2) is 0 Å². The minimum atomic E-state index is -4.42. The molecule has 1 fully saturated rings. The van der Waals surface area contributed by atoms with Gasteiger partial charge in [-0.1, -0.05) is 0 Å². The molecule has 1 heterocycles. The molecule has 0 radical (unpaired) electrons. The first kappa shape index (κ1) is 17.3. The van der Waals surface area contributed by atoms with E-state index in [1.807, 2.05) is 0 Å². The molecule has 1 aromatic rings. The second-order valence-corrected chi connectivity index (χ2v) is 6.29. The zero-order valence-electron chi connectivity index (χ0n) is 13.3. The fourth-order valence-corrected chi connectivity index (χ4v) is 2.82. The largest absolute Gasteiger partial charge is 0.484 e. The number of carbonyl (C=O) groups is 2. The number of halogens is 3. The van der Waals surface area contributed by atoms with Crippen molar-refractivity contribution in [2.45, 2.75) is 45.3 Å². The second kappa shape index (κ2) is 5.54. The quantitative estimate of drug-likeness (QED) is 0.868. The number of alkyl halides is 3. The molecule has 23 heavy (non-hydrogen) atoms. The maximum atomic E-state index is 12.4. The van der Waals surface area contributed by atoms with E-state index in [1.54, 1.807) is 27.7 Å². The van der Waals surface area contributed by atoms with E-state index in [2.05, 4.69) is 5.32 Å². The SMILES string of the molecule is Cc1cc(OCC(F)(F)F)cc(C)c1C1C(=O)NC(C)(C)C1=O. The molecule has 1 aromatic carbocycles. The summed E-state index contributed by atoms with van der Waals surface area (Å²) in [6.07, 6.45) is -4.42. The predicted octanol–water partition coefficient (Wildman–Crippen LogP) is 2.81. The summed E-state index contributed by atoms with van der Waals surface area (Å²) in [5.41, 5.74) is 0.672. The summed E-state index contributed by atoms with van der Waals surface area (Å²) < 4.78 is 41.4. The molecule has 0 spiro atoms. The summed E-state index contributed by atoms with van der Waals surface area (Å²) in [7, 11) is 0. The predicted molar refractivity (Wildman–Crippen MR) is 77.4 cm³/mol. The van der Waals surface area contributed by atoms with E-state index in [9.17, 15) is 22.8 Å². The van der Waals surface area contributed by atoms with Crippen LogP contribution in [0.1, 0.15) is 36.5 Å². The van der Waals surface area contributed by atoms with Crippen LogP contribution in [0, 0.1) is 13.8 Å². The van der Waals surface area contributed by atoms with Crippen molar-refractivity contribution in [1.29, 1.82) is 0 Å². The third-order valence-corrected chi connectivity index (χ3v) is 3.83. The molecule has 1 atom stereocenters. The maximum Gasteiger partial charge on any atom is 0.422 e. The minimum Gasteiger partial charge on any atom is -0.484 e. The molecule has 0 saturated carbocycles. The summed E-state index contributed by atoms with van der Waals surface area (Å²) in [6.45, 7) is 5.15. The Morgan fingerprint density at radius 2 is 1.70 bits per heavy atom. The summed E-state index contributed by atoms with van der Waals surface area (Å²) in [5, 5.41) is 2.64. The fraction of sp³-hybridized carbons (Fsp3) is 0.500. The Morgan fingerprint density at radius 3 is 2.09 bits per heavy atom. The molecule has 1 N–H and O–H groups in total. The lowest BCUT2D eigenvalue weighted by Crippen LogP contribution is -2.39. The van der Waals surface area contributed by atoms with E-state index in [0.29, 0.717) is 16.7 Å². The van der Waals surface area contributed by atoms with Gasteiger partial charge in [-0.3, -0.25) is 9.59 Å². The number of hydrogen-bond acceptors (Lipinski definition) is 3. The number of benzene rings is 1. The average molecular weight is 329 g/mol. The van der Waals surface area contributed by atoms with Gasteiger partial charge in [-0.05, 0) is 56.5 Å². The first-order chi connectivity index (χ1) is 10.4. The van der Waals surface area contributed by atoms with E-state index >= 15 is 0 Å². The van der Waals surface area contributed by atoms with Crippen LogP contribution in [0.5, 0.6) is 5.75 Å². The van der Waals surface area contributed by atoms with Crippen molar-refractivity contribution in [3.63, 3.8) is 0 Å². The van der Waals surface area contributed by atoms with Crippen LogP contribution in [-0.2, 0) is 9.59 Å². The highest BCUT2D eigenvalue weighted by Gasteiger charge is 2.48. The van der Waals surface area contributed by atoms with Crippen molar-refractivity contribution >= 4 is 11.7 Å². The van der Waals surface area contributed by atoms with Crippen LogP contribution >= 0.6 is 0 Å². The van der Waals surface area contributed by atoms with Gasteiger partial charge in [0.15, 0.2) is 12.4 Å². The van der Waals surface area contributed by atoms with Crippen molar-refractivity contribution < 1.29 is 27.5 Å². The first-order valence-electron chi connectivity index (χ1n) is 7.09. The van der Waals surface area contributed by atoms with Crippen molar-refractivity contribution in [2.24, 2.45) is 0 Å². The Kier molecular flexibility index (Phi) is 4.17. The minimum absolute atomic E-state index is 0.0613. The summed E-state index contributed by atoms with van der Waals surface area (Å²) in [6, 6.07) is 2.83. The smallest absolute Gasteiger partial charge is 0.422 e. The number of amides is 1. The fourth-order valence-electron chi connectivity index (χ4n) is 2.82. The molecule has 126 valence electrons. The van der Waals surface area contributed by atoms with Gasteiger partial charge in [0, 0.05) is 0 Å². The Labute approximate surface area is 132 Å². The number of Topliss-reactive ketones (excluding diaryl/α,β-unsaturated/α-hetero) is 1. The number of ketones is 1. The lowest BCUT2D eigenvalue weighted by molar-refractivity contribution is -0.153. The van der Waals surface area contributed by atoms with Gasteiger partial charge < -0.3 is 10.1 Å². The summed E-state index contributed by atoms with van der Waals surface area (Å²) in [4.78, 5) is 24.6. The molecule has 0 aliphatic carbocycles. The number of nitrogens with one attached hydrogen (secondary N) is 1. The Balaban J connectivity index is 2.35. The topological polar surface area (TPSA) is 55.4 Å². The highest BCUT2D eigenvalue weighted by Crippen LogP contribution is 2.35.